The first-order valence-electron chi connectivity index (χ1n) is 12.7. The fourth-order valence-electron chi connectivity index (χ4n) is 4.14. The molecular formula is C29H38F2O4. The van der Waals surface area contributed by atoms with Gasteiger partial charge in [0.2, 0.25) is 0 Å². The van der Waals surface area contributed by atoms with Gasteiger partial charge in [0.1, 0.15) is 11.9 Å². The molecule has 0 amide bonds. The highest BCUT2D eigenvalue weighted by molar-refractivity contribution is 5.97. The topological polar surface area (TPSA) is 63.6 Å². The predicted molar refractivity (Wildman–Crippen MR) is 135 cm³/mol. The summed E-state index contributed by atoms with van der Waals surface area (Å²) in [5.41, 5.74) is 1.21. The molecular weight excluding hydrogens is 450 g/mol. The fraction of sp³-hybridized carbons (Fsp3) is 0.517. The molecule has 2 rings (SSSR count). The first kappa shape index (κ1) is 28.5. The van der Waals surface area contributed by atoms with Crippen molar-refractivity contribution in [2.45, 2.75) is 90.6 Å². The van der Waals surface area contributed by atoms with Crippen LogP contribution in [0.25, 0.3) is 0 Å². The SMILES string of the molecule is CCCCCCCC(C)C(=O)c1ccc(C(CC(F)(F)CCC)Oc2ccc(C(=O)O)cc2)cc1. The third kappa shape index (κ3) is 9.42. The van der Waals surface area contributed by atoms with E-state index in [2.05, 4.69) is 6.92 Å². The number of aromatic carboxylic acids is 1. The summed E-state index contributed by atoms with van der Waals surface area (Å²) >= 11 is 0. The van der Waals surface area contributed by atoms with Gasteiger partial charge in [0.15, 0.2) is 5.78 Å². The summed E-state index contributed by atoms with van der Waals surface area (Å²) in [5.74, 6) is -3.70. The number of ether oxygens (including phenoxy) is 1. The second kappa shape index (κ2) is 14.0. The van der Waals surface area contributed by atoms with Crippen molar-refractivity contribution >= 4 is 11.8 Å². The molecule has 2 aromatic carbocycles. The normalized spacial score (nSPS) is 13.3. The summed E-state index contributed by atoms with van der Waals surface area (Å²) in [5, 5.41) is 9.07. The Kier molecular flexibility index (Phi) is 11.4. The Morgan fingerprint density at radius 2 is 1.49 bits per heavy atom. The van der Waals surface area contributed by atoms with E-state index in [4.69, 9.17) is 9.84 Å². The Balaban J connectivity index is 2.14. The second-order valence-corrected chi connectivity index (χ2v) is 9.34. The molecule has 0 aromatic heterocycles. The van der Waals surface area contributed by atoms with E-state index in [1.807, 2.05) is 6.92 Å². The van der Waals surface area contributed by atoms with Crippen LogP contribution in [0.5, 0.6) is 5.75 Å². The molecule has 35 heavy (non-hydrogen) atoms. The number of hydrogen-bond donors (Lipinski definition) is 1. The summed E-state index contributed by atoms with van der Waals surface area (Å²) in [4.78, 5) is 23.9. The number of ketones is 1. The van der Waals surface area contributed by atoms with E-state index in [0.29, 0.717) is 23.3 Å². The molecule has 0 fully saturated rings. The summed E-state index contributed by atoms with van der Waals surface area (Å²) < 4.78 is 35.0. The summed E-state index contributed by atoms with van der Waals surface area (Å²) in [6, 6.07) is 12.4. The van der Waals surface area contributed by atoms with Gasteiger partial charge in [-0.1, -0.05) is 83.6 Å². The number of carboxylic acid groups (broad SMARTS) is 1. The molecule has 0 radical (unpaired) electrons. The molecule has 0 saturated heterocycles. The minimum atomic E-state index is -2.92. The maximum absolute atomic E-state index is 14.5. The van der Waals surface area contributed by atoms with Crippen molar-refractivity contribution in [1.82, 2.24) is 0 Å². The highest BCUT2D eigenvalue weighted by atomic mass is 19.3. The molecule has 0 heterocycles. The number of hydrogen-bond acceptors (Lipinski definition) is 3. The van der Waals surface area contributed by atoms with Gasteiger partial charge < -0.3 is 9.84 Å². The van der Waals surface area contributed by atoms with Gasteiger partial charge in [0.25, 0.3) is 5.92 Å². The lowest BCUT2D eigenvalue weighted by molar-refractivity contribution is -0.0466. The van der Waals surface area contributed by atoms with Gasteiger partial charge in [-0.15, -0.1) is 0 Å². The van der Waals surface area contributed by atoms with Crippen LogP contribution in [0.15, 0.2) is 48.5 Å². The van der Waals surface area contributed by atoms with Crippen molar-refractivity contribution in [3.63, 3.8) is 0 Å². The predicted octanol–water partition coefficient (Wildman–Crippen LogP) is 8.51. The molecule has 6 heteroatoms. The molecule has 0 bridgehead atoms. The average molecular weight is 489 g/mol. The Bertz CT molecular complexity index is 923. The maximum atomic E-state index is 14.5. The van der Waals surface area contributed by atoms with Gasteiger partial charge in [0, 0.05) is 17.9 Å². The number of carboxylic acids is 1. The molecule has 4 nitrogen and oxygen atoms in total. The summed E-state index contributed by atoms with van der Waals surface area (Å²) in [7, 11) is 0. The number of carbonyl (C=O) groups is 2. The molecule has 0 aliphatic carbocycles. The first-order valence-corrected chi connectivity index (χ1v) is 12.7. The number of Topliss-reactive ketones (excluding diaryl/α,β-unsaturated/α-hetero) is 1. The van der Waals surface area contributed by atoms with Crippen LogP contribution in [0.4, 0.5) is 8.78 Å². The van der Waals surface area contributed by atoms with Crippen molar-refractivity contribution in [2.75, 3.05) is 0 Å². The van der Waals surface area contributed by atoms with Gasteiger partial charge in [-0.25, -0.2) is 13.6 Å². The van der Waals surface area contributed by atoms with Gasteiger partial charge in [-0.05, 0) is 36.2 Å². The lowest BCUT2D eigenvalue weighted by Crippen LogP contribution is -2.23. The Labute approximate surface area is 207 Å². The van der Waals surface area contributed by atoms with Crippen LogP contribution in [0.2, 0.25) is 0 Å². The lowest BCUT2D eigenvalue weighted by Gasteiger charge is -2.25. The van der Waals surface area contributed by atoms with Gasteiger partial charge in [-0.2, -0.15) is 0 Å². The quantitative estimate of drug-likeness (QED) is 0.190. The molecule has 2 atom stereocenters. The third-order valence-corrected chi connectivity index (χ3v) is 6.23. The number of benzene rings is 2. The summed E-state index contributed by atoms with van der Waals surface area (Å²) in [6.07, 6.45) is 5.22. The second-order valence-electron chi connectivity index (χ2n) is 9.34. The van der Waals surface area contributed by atoms with Crippen LogP contribution in [0.1, 0.15) is 111 Å². The highest BCUT2D eigenvalue weighted by Gasteiger charge is 2.33. The van der Waals surface area contributed by atoms with E-state index < -0.39 is 24.4 Å². The van der Waals surface area contributed by atoms with E-state index in [9.17, 15) is 18.4 Å². The number of unbranched alkanes of at least 4 members (excludes halogenated alkanes) is 4. The molecule has 0 aliphatic heterocycles. The van der Waals surface area contributed by atoms with Crippen molar-refractivity contribution in [1.29, 1.82) is 0 Å². The van der Waals surface area contributed by atoms with Crippen molar-refractivity contribution in [2.24, 2.45) is 5.92 Å². The van der Waals surface area contributed by atoms with Gasteiger partial charge >= 0.3 is 5.97 Å². The zero-order valence-electron chi connectivity index (χ0n) is 21.1. The zero-order valence-corrected chi connectivity index (χ0v) is 21.1. The Morgan fingerprint density at radius 1 is 0.886 bits per heavy atom. The van der Waals surface area contributed by atoms with E-state index in [-0.39, 0.29) is 23.7 Å². The molecule has 2 aromatic rings. The number of halogens is 2. The Hall–Kier alpha value is -2.76. The molecule has 192 valence electrons. The molecule has 1 N–H and O–H groups in total. The monoisotopic (exact) mass is 488 g/mol. The number of alkyl halides is 2. The molecule has 0 aliphatic rings. The lowest BCUT2D eigenvalue weighted by atomic mass is 9.92. The largest absolute Gasteiger partial charge is 0.486 e. The van der Waals surface area contributed by atoms with E-state index in [0.717, 1.165) is 19.3 Å². The van der Waals surface area contributed by atoms with Crippen LogP contribution < -0.4 is 4.74 Å². The number of rotatable bonds is 16. The van der Waals surface area contributed by atoms with Crippen LogP contribution >= 0.6 is 0 Å². The van der Waals surface area contributed by atoms with Crippen LogP contribution in [-0.2, 0) is 0 Å². The van der Waals surface area contributed by atoms with Gasteiger partial charge in [-0.3, -0.25) is 4.79 Å². The molecule has 0 saturated carbocycles. The van der Waals surface area contributed by atoms with Crippen molar-refractivity contribution in [3.05, 3.63) is 65.2 Å². The smallest absolute Gasteiger partial charge is 0.335 e. The van der Waals surface area contributed by atoms with E-state index in [1.54, 1.807) is 31.2 Å². The van der Waals surface area contributed by atoms with Crippen molar-refractivity contribution < 1.29 is 28.2 Å². The minimum absolute atomic E-state index is 0.0603. The molecule has 2 unspecified atom stereocenters. The fourth-order valence-corrected chi connectivity index (χ4v) is 4.14. The third-order valence-electron chi connectivity index (χ3n) is 6.23. The number of carbonyl (C=O) groups excluding carboxylic acids is 1. The Morgan fingerprint density at radius 3 is 2.06 bits per heavy atom. The van der Waals surface area contributed by atoms with E-state index >= 15 is 0 Å². The first-order chi connectivity index (χ1) is 16.7. The van der Waals surface area contributed by atoms with Crippen LogP contribution in [0, 0.1) is 5.92 Å². The van der Waals surface area contributed by atoms with Crippen LogP contribution in [0.3, 0.4) is 0 Å². The minimum Gasteiger partial charge on any atom is -0.486 e. The average Bonchev–Trinajstić information content (AvgIpc) is 2.83. The van der Waals surface area contributed by atoms with Crippen molar-refractivity contribution in [3.8, 4) is 5.75 Å². The van der Waals surface area contributed by atoms with E-state index in [1.165, 1.54) is 43.5 Å². The maximum Gasteiger partial charge on any atom is 0.335 e. The summed E-state index contributed by atoms with van der Waals surface area (Å²) in [6.45, 7) is 5.82. The zero-order chi connectivity index (χ0) is 25.8. The highest BCUT2D eigenvalue weighted by Crippen LogP contribution is 2.35. The van der Waals surface area contributed by atoms with Crippen LogP contribution in [-0.4, -0.2) is 22.8 Å². The standard InChI is InChI=1S/C29H38F2O4/c1-4-6-7-8-9-10-21(3)27(32)23-13-11-22(12-14-23)26(20-29(30,31)19-5-2)35-25-17-15-24(16-18-25)28(33)34/h11-18,21,26H,4-10,19-20H2,1-3H3,(H,33,34). The van der Waals surface area contributed by atoms with Gasteiger partial charge in [0.05, 0.1) is 12.0 Å². The molecule has 0 spiro atoms.